The van der Waals surface area contributed by atoms with Crippen molar-refractivity contribution in [2.75, 3.05) is 20.3 Å². The van der Waals surface area contributed by atoms with Crippen molar-refractivity contribution in [3.8, 4) is 0 Å². The Morgan fingerprint density at radius 2 is 0.581 bits per heavy atom. The van der Waals surface area contributed by atoms with Gasteiger partial charge in [0.05, 0.1) is 13.2 Å². The van der Waals surface area contributed by atoms with Crippen molar-refractivity contribution in [1.82, 2.24) is 0 Å². The Morgan fingerprint density at radius 1 is 0.484 bits per heavy atom. The Bertz CT molecular complexity index is 143. The fraction of sp³-hybridized carbons (Fsp3) is 1.00. The second kappa shape index (κ2) is 58.4. The molecule has 0 saturated carbocycles. The molecule has 0 unspecified atom stereocenters. The van der Waals surface area contributed by atoms with Crippen LogP contribution in [0.5, 0.6) is 0 Å². The van der Waals surface area contributed by atoms with Crippen LogP contribution in [0.3, 0.4) is 0 Å². The molecule has 0 bridgehead atoms. The van der Waals surface area contributed by atoms with Gasteiger partial charge in [-0.2, -0.15) is 0 Å². The maximum Gasteiger partial charge on any atom is 3.00 e. The topological polar surface area (TPSA) is 168 Å². The van der Waals surface area contributed by atoms with Gasteiger partial charge in [-0.15, -0.1) is 36.6 Å². The van der Waals surface area contributed by atoms with Crippen molar-refractivity contribution in [1.29, 1.82) is 0 Å². The number of aliphatic hydroxyl groups is 1. The van der Waals surface area contributed by atoms with Crippen LogP contribution in [0.1, 0.15) is 83.1 Å². The predicted molar refractivity (Wildman–Crippen MR) is 110 cm³/mol. The molecule has 0 aromatic rings. The van der Waals surface area contributed by atoms with E-state index in [-0.39, 0.29) is 90.1 Å². The smallest absolute Gasteiger partial charge is 0.852 e. The molecule has 1 N–H and O–H groups in total. The molecular weight excluding hydrogens is 660 g/mol. The van der Waals surface area contributed by atoms with Gasteiger partial charge in [0.1, 0.15) is 0 Å². The number of methoxy groups -OCH3 is 1. The predicted octanol–water partition coefficient (Wildman–Crippen LogP) is -1.84. The molecule has 8 nitrogen and oxygen atoms in total. The SMILES string of the molecule is CC(C)[O-].CC(C)[O-].CC(C)[O-].CC(C)[O-].CC(C)[O-].CC(C)[O-].COCCO.[Ce+3].[Ce+3]. The van der Waals surface area contributed by atoms with Crippen molar-refractivity contribution in [3.63, 3.8) is 0 Å². The zero-order chi connectivity index (χ0) is 25.6. The summed E-state index contributed by atoms with van der Waals surface area (Å²) in [6.07, 6.45) is -2.50. The maximum absolute atomic E-state index is 9.53. The van der Waals surface area contributed by atoms with Gasteiger partial charge in [-0.25, -0.2) is 0 Å². The first-order valence-electron chi connectivity index (χ1n) is 9.86. The standard InChI is InChI=1S/C3H8O2.6C3H7O.2Ce/c1-5-3-2-4;6*1-3(2)4;;/h4H,2-3H2,1H3;6*3H,1-2H3;;/q;6*-1;2*+3. The summed E-state index contributed by atoms with van der Waals surface area (Å²) in [7, 11) is 1.55. The molecule has 0 spiro atoms. The van der Waals surface area contributed by atoms with E-state index in [1.165, 1.54) is 0 Å². The number of hydrogen-bond donors (Lipinski definition) is 1. The van der Waals surface area contributed by atoms with Gasteiger partial charge in [0.15, 0.2) is 0 Å². The van der Waals surface area contributed by atoms with Crippen molar-refractivity contribution in [3.05, 3.63) is 0 Å². The second-order valence-electron chi connectivity index (χ2n) is 7.01. The average molecular weight is 711 g/mol. The van der Waals surface area contributed by atoms with E-state index in [0.717, 1.165) is 0 Å². The molecule has 0 aromatic heterocycles. The molecule has 0 aromatic carbocycles. The van der Waals surface area contributed by atoms with E-state index in [1.807, 2.05) is 0 Å². The Hall–Kier alpha value is 2.43. The van der Waals surface area contributed by atoms with Crippen molar-refractivity contribution >= 4 is 0 Å². The molecule has 0 heterocycles. The van der Waals surface area contributed by atoms with Gasteiger partial charge < -0.3 is 40.5 Å². The van der Waals surface area contributed by atoms with E-state index in [4.69, 9.17) is 5.11 Å². The Labute approximate surface area is 261 Å². The second-order valence-corrected chi connectivity index (χ2v) is 7.01. The van der Waals surface area contributed by atoms with E-state index in [1.54, 1.807) is 90.2 Å². The van der Waals surface area contributed by atoms with Gasteiger partial charge in [-0.3, -0.25) is 0 Å². The molecule has 190 valence electrons. The van der Waals surface area contributed by atoms with Crippen LogP contribution in [0.15, 0.2) is 0 Å². The van der Waals surface area contributed by atoms with Gasteiger partial charge in [0.2, 0.25) is 0 Å². The van der Waals surface area contributed by atoms with Gasteiger partial charge in [-0.1, -0.05) is 83.1 Å². The Morgan fingerprint density at radius 3 is 0.581 bits per heavy atom. The first-order chi connectivity index (χ1) is 12.8. The number of ether oxygens (including phenoxy) is 1. The van der Waals surface area contributed by atoms with Crippen molar-refractivity contribution in [2.24, 2.45) is 0 Å². The molecule has 0 atom stereocenters. The van der Waals surface area contributed by atoms with E-state index in [9.17, 15) is 30.6 Å². The summed E-state index contributed by atoms with van der Waals surface area (Å²) in [5, 5.41) is 65.1. The van der Waals surface area contributed by atoms with E-state index in [0.29, 0.717) is 6.61 Å². The van der Waals surface area contributed by atoms with Crippen LogP contribution in [0.25, 0.3) is 0 Å². The van der Waals surface area contributed by atoms with Crippen LogP contribution in [-0.4, -0.2) is 62.1 Å². The third-order valence-corrected chi connectivity index (χ3v) is 0.295. The van der Waals surface area contributed by atoms with Crippen LogP contribution in [0, 0.1) is 83.5 Å². The minimum atomic E-state index is -0.417. The van der Waals surface area contributed by atoms with Crippen LogP contribution in [0.4, 0.5) is 0 Å². The summed E-state index contributed by atoms with van der Waals surface area (Å²) in [4.78, 5) is 0. The normalized spacial score (nSPS) is 8.32. The molecule has 0 amide bonds. The summed E-state index contributed by atoms with van der Waals surface area (Å²) in [6.45, 7) is 19.9. The fourth-order valence-electron chi connectivity index (χ4n) is 0.0913. The molecule has 0 saturated heterocycles. The van der Waals surface area contributed by atoms with E-state index in [2.05, 4.69) is 4.74 Å². The molecule has 0 rings (SSSR count). The summed E-state index contributed by atoms with van der Waals surface area (Å²) in [5.74, 6) is 0. The first-order valence-corrected chi connectivity index (χ1v) is 9.86. The summed E-state index contributed by atoms with van der Waals surface area (Å²) in [6, 6.07) is 0. The minimum absolute atomic E-state index is 0. The zero-order valence-electron chi connectivity index (χ0n) is 22.2. The van der Waals surface area contributed by atoms with E-state index >= 15 is 0 Å². The molecule has 0 aliphatic heterocycles. The third-order valence-electron chi connectivity index (χ3n) is 0.295. The van der Waals surface area contributed by atoms with E-state index < -0.39 is 36.6 Å². The number of hydrogen-bond acceptors (Lipinski definition) is 8. The number of rotatable bonds is 2. The quantitative estimate of drug-likeness (QED) is 0.349. The van der Waals surface area contributed by atoms with Gasteiger partial charge in [0.25, 0.3) is 0 Å². The third kappa shape index (κ3) is 1530. The van der Waals surface area contributed by atoms with Crippen LogP contribution in [0.2, 0.25) is 0 Å². The van der Waals surface area contributed by atoms with Crippen LogP contribution < -0.4 is 30.6 Å². The molecule has 31 heavy (non-hydrogen) atoms. The molecule has 2 radical (unpaired) electrons. The number of aliphatic hydroxyl groups excluding tert-OH is 1. The van der Waals surface area contributed by atoms with Crippen LogP contribution in [-0.2, 0) is 4.74 Å². The van der Waals surface area contributed by atoms with Crippen molar-refractivity contribution < 1.29 is 124 Å². The molecule has 0 aliphatic carbocycles. The largest absolute Gasteiger partial charge is 3.00 e. The van der Waals surface area contributed by atoms with Gasteiger partial charge in [-0.05, 0) is 0 Å². The van der Waals surface area contributed by atoms with Gasteiger partial charge >= 0.3 is 83.5 Å². The minimum Gasteiger partial charge on any atom is -0.852 e. The monoisotopic (exact) mass is 710 g/mol. The summed E-state index contributed by atoms with van der Waals surface area (Å²) in [5.41, 5.74) is 0. The molecular formula is C21H50Ce2O8. The average Bonchev–Trinajstić information content (AvgIpc) is 2.34. The Balaban J connectivity index is -0.0000000258. The van der Waals surface area contributed by atoms with Crippen molar-refractivity contribution in [2.45, 2.75) is 120 Å². The molecule has 0 fully saturated rings. The molecule has 10 heteroatoms. The fourth-order valence-corrected chi connectivity index (χ4v) is 0.0913. The Kier molecular flexibility index (Phi) is 111. The zero-order valence-corrected chi connectivity index (χ0v) is 28.5. The van der Waals surface area contributed by atoms with Gasteiger partial charge in [0, 0.05) is 7.11 Å². The molecule has 0 aliphatic rings. The maximum atomic E-state index is 9.53. The summed E-state index contributed by atoms with van der Waals surface area (Å²) < 4.78 is 4.44. The first kappa shape index (κ1) is 58.9. The summed E-state index contributed by atoms with van der Waals surface area (Å²) >= 11 is 0. The van der Waals surface area contributed by atoms with Crippen LogP contribution >= 0.6 is 0 Å².